The van der Waals surface area contributed by atoms with Gasteiger partial charge < -0.3 is 10.4 Å². The first kappa shape index (κ1) is 15.0. The Balaban J connectivity index is 1.97. The van der Waals surface area contributed by atoms with Gasteiger partial charge in [-0.1, -0.05) is 41.9 Å². The Hall–Kier alpha value is -1.36. The van der Waals surface area contributed by atoms with Crippen molar-refractivity contribution >= 4 is 33.4 Å². The van der Waals surface area contributed by atoms with E-state index < -0.39 is 6.10 Å². The summed E-state index contributed by atoms with van der Waals surface area (Å²) in [6.07, 6.45) is -0.726. The molecule has 0 radical (unpaired) electrons. The standard InChI is InChI=1S/C15H13BrClNO2/c16-12-8-11(6-7-13(12)17)15(20)18-9-14(19)10-4-2-1-3-5-10/h1-8,14,19H,9H2,(H,18,20). The zero-order valence-electron chi connectivity index (χ0n) is 10.5. The van der Waals surface area contributed by atoms with E-state index in [1.807, 2.05) is 30.3 Å². The monoisotopic (exact) mass is 353 g/mol. The highest BCUT2D eigenvalue weighted by molar-refractivity contribution is 9.10. The van der Waals surface area contributed by atoms with Crippen molar-refractivity contribution in [3.63, 3.8) is 0 Å². The van der Waals surface area contributed by atoms with Crippen LogP contribution in [0.1, 0.15) is 22.0 Å². The lowest BCUT2D eigenvalue weighted by molar-refractivity contribution is 0.0916. The van der Waals surface area contributed by atoms with Gasteiger partial charge in [0.1, 0.15) is 0 Å². The zero-order valence-corrected chi connectivity index (χ0v) is 12.9. The first-order valence-electron chi connectivity index (χ1n) is 6.04. The van der Waals surface area contributed by atoms with Crippen molar-refractivity contribution in [3.8, 4) is 0 Å². The molecule has 2 rings (SSSR count). The predicted octanol–water partition coefficient (Wildman–Crippen LogP) is 3.57. The molecule has 0 aliphatic rings. The summed E-state index contributed by atoms with van der Waals surface area (Å²) in [5, 5.41) is 13.2. The highest BCUT2D eigenvalue weighted by Gasteiger charge is 2.11. The van der Waals surface area contributed by atoms with Gasteiger partial charge in [-0.05, 0) is 39.7 Å². The molecule has 1 amide bonds. The molecule has 0 saturated carbocycles. The molecule has 5 heteroatoms. The maximum atomic E-state index is 12.0. The van der Waals surface area contributed by atoms with Crippen molar-refractivity contribution in [2.45, 2.75) is 6.10 Å². The SMILES string of the molecule is O=C(NCC(O)c1ccccc1)c1ccc(Cl)c(Br)c1. The molecule has 1 atom stereocenters. The van der Waals surface area contributed by atoms with Crippen LogP contribution in [0.2, 0.25) is 5.02 Å². The van der Waals surface area contributed by atoms with Crippen molar-refractivity contribution in [1.29, 1.82) is 0 Å². The third-order valence-corrected chi connectivity index (χ3v) is 4.04. The number of aliphatic hydroxyl groups excluding tert-OH is 1. The number of carbonyl (C=O) groups excluding carboxylic acids is 1. The minimum Gasteiger partial charge on any atom is -0.387 e. The summed E-state index contributed by atoms with van der Waals surface area (Å²) in [5.74, 6) is -0.252. The van der Waals surface area contributed by atoms with E-state index in [4.69, 9.17) is 11.6 Å². The van der Waals surface area contributed by atoms with E-state index in [9.17, 15) is 9.90 Å². The molecular formula is C15H13BrClNO2. The summed E-state index contributed by atoms with van der Waals surface area (Å²) in [4.78, 5) is 12.0. The number of aliphatic hydroxyl groups is 1. The summed E-state index contributed by atoms with van der Waals surface area (Å²) < 4.78 is 0.662. The van der Waals surface area contributed by atoms with Crippen LogP contribution in [0, 0.1) is 0 Å². The van der Waals surface area contributed by atoms with Gasteiger partial charge >= 0.3 is 0 Å². The molecule has 20 heavy (non-hydrogen) atoms. The van der Waals surface area contributed by atoms with Crippen LogP contribution in [-0.2, 0) is 0 Å². The molecule has 2 N–H and O–H groups in total. The van der Waals surface area contributed by atoms with E-state index in [0.717, 1.165) is 5.56 Å². The van der Waals surface area contributed by atoms with Crippen LogP contribution in [0.5, 0.6) is 0 Å². The van der Waals surface area contributed by atoms with Gasteiger partial charge in [0, 0.05) is 16.6 Å². The Labute approximate surface area is 130 Å². The summed E-state index contributed by atoms with van der Waals surface area (Å²) in [6, 6.07) is 14.1. The summed E-state index contributed by atoms with van der Waals surface area (Å²) in [5.41, 5.74) is 1.26. The van der Waals surface area contributed by atoms with Crippen LogP contribution in [0.25, 0.3) is 0 Å². The van der Waals surface area contributed by atoms with Crippen LogP contribution in [0.3, 0.4) is 0 Å². The van der Waals surface area contributed by atoms with Crippen LogP contribution < -0.4 is 5.32 Å². The van der Waals surface area contributed by atoms with Crippen molar-refractivity contribution in [2.75, 3.05) is 6.54 Å². The van der Waals surface area contributed by atoms with Gasteiger partial charge in [-0.2, -0.15) is 0 Å². The largest absolute Gasteiger partial charge is 0.387 e. The Morgan fingerprint density at radius 2 is 1.95 bits per heavy atom. The molecule has 2 aromatic carbocycles. The number of halogens is 2. The second-order valence-corrected chi connectivity index (χ2v) is 5.53. The number of nitrogens with one attached hydrogen (secondary N) is 1. The molecule has 0 aromatic heterocycles. The average Bonchev–Trinajstić information content (AvgIpc) is 2.48. The number of amides is 1. The highest BCUT2D eigenvalue weighted by Crippen LogP contribution is 2.23. The van der Waals surface area contributed by atoms with Crippen molar-refractivity contribution in [3.05, 3.63) is 69.2 Å². The Morgan fingerprint density at radius 3 is 2.60 bits per heavy atom. The fourth-order valence-electron chi connectivity index (χ4n) is 1.72. The molecule has 0 aliphatic carbocycles. The van der Waals surface area contributed by atoms with Crippen molar-refractivity contribution in [2.24, 2.45) is 0 Å². The van der Waals surface area contributed by atoms with Crippen molar-refractivity contribution < 1.29 is 9.90 Å². The summed E-state index contributed by atoms with van der Waals surface area (Å²) in [7, 11) is 0. The van der Waals surface area contributed by atoms with Crippen LogP contribution in [0.15, 0.2) is 53.0 Å². The van der Waals surface area contributed by atoms with Gasteiger partial charge in [0.05, 0.1) is 11.1 Å². The maximum absolute atomic E-state index is 12.0. The lowest BCUT2D eigenvalue weighted by atomic mass is 10.1. The zero-order chi connectivity index (χ0) is 14.5. The molecule has 0 aliphatic heterocycles. The Kier molecular flexibility index (Phi) is 5.17. The topological polar surface area (TPSA) is 49.3 Å². The smallest absolute Gasteiger partial charge is 0.251 e. The molecule has 3 nitrogen and oxygen atoms in total. The van der Waals surface area contributed by atoms with Gasteiger partial charge in [0.25, 0.3) is 5.91 Å². The highest BCUT2D eigenvalue weighted by atomic mass is 79.9. The molecule has 0 fully saturated rings. The number of rotatable bonds is 4. The lowest BCUT2D eigenvalue weighted by Gasteiger charge is -2.12. The minimum absolute atomic E-state index is 0.156. The number of hydrogen-bond donors (Lipinski definition) is 2. The van der Waals surface area contributed by atoms with E-state index in [1.165, 1.54) is 0 Å². The molecule has 0 saturated heterocycles. The summed E-state index contributed by atoms with van der Waals surface area (Å²) >= 11 is 9.14. The Morgan fingerprint density at radius 1 is 1.25 bits per heavy atom. The maximum Gasteiger partial charge on any atom is 0.251 e. The Bertz CT molecular complexity index is 604. The number of hydrogen-bond acceptors (Lipinski definition) is 2. The third-order valence-electron chi connectivity index (χ3n) is 2.82. The fourth-order valence-corrected chi connectivity index (χ4v) is 2.22. The lowest BCUT2D eigenvalue weighted by Crippen LogP contribution is -2.28. The van der Waals surface area contributed by atoms with E-state index in [0.29, 0.717) is 15.1 Å². The van der Waals surface area contributed by atoms with E-state index >= 15 is 0 Å². The van der Waals surface area contributed by atoms with Gasteiger partial charge in [-0.15, -0.1) is 0 Å². The van der Waals surface area contributed by atoms with Gasteiger partial charge in [-0.3, -0.25) is 4.79 Å². The van der Waals surface area contributed by atoms with Crippen LogP contribution in [-0.4, -0.2) is 17.6 Å². The summed E-state index contributed by atoms with van der Waals surface area (Å²) in [6.45, 7) is 0.156. The van der Waals surface area contributed by atoms with E-state index in [2.05, 4.69) is 21.2 Å². The second kappa shape index (κ2) is 6.88. The van der Waals surface area contributed by atoms with Crippen LogP contribution >= 0.6 is 27.5 Å². The normalized spacial score (nSPS) is 11.9. The number of benzene rings is 2. The van der Waals surface area contributed by atoms with Crippen LogP contribution in [0.4, 0.5) is 0 Å². The average molecular weight is 355 g/mol. The third kappa shape index (κ3) is 3.82. The molecule has 0 bridgehead atoms. The van der Waals surface area contributed by atoms with Crippen molar-refractivity contribution in [1.82, 2.24) is 5.32 Å². The first-order chi connectivity index (χ1) is 9.58. The molecule has 1 unspecified atom stereocenters. The molecule has 104 valence electrons. The van der Waals surface area contributed by atoms with Gasteiger partial charge in [0.2, 0.25) is 0 Å². The molecule has 0 heterocycles. The van der Waals surface area contributed by atoms with E-state index in [1.54, 1.807) is 18.2 Å². The minimum atomic E-state index is -0.726. The number of carbonyl (C=O) groups is 1. The fraction of sp³-hybridized carbons (Fsp3) is 0.133. The first-order valence-corrected chi connectivity index (χ1v) is 7.21. The molecule has 2 aromatic rings. The van der Waals surface area contributed by atoms with Gasteiger partial charge in [-0.25, -0.2) is 0 Å². The van der Waals surface area contributed by atoms with Gasteiger partial charge in [0.15, 0.2) is 0 Å². The molecular weight excluding hydrogens is 342 g/mol. The second-order valence-electron chi connectivity index (χ2n) is 4.27. The quantitative estimate of drug-likeness (QED) is 0.882. The predicted molar refractivity (Wildman–Crippen MR) is 82.9 cm³/mol. The molecule has 0 spiro atoms. The van der Waals surface area contributed by atoms with E-state index in [-0.39, 0.29) is 12.5 Å².